The summed E-state index contributed by atoms with van der Waals surface area (Å²) in [5, 5.41) is 19.5. The Bertz CT molecular complexity index is 889. The average molecular weight is 411 g/mol. The Labute approximate surface area is 162 Å². The molecular weight excluding hydrogens is 388 g/mol. The molecule has 2 aromatic carbocycles. The third-order valence-corrected chi connectivity index (χ3v) is 5.78. The highest BCUT2D eigenvalue weighted by Crippen LogP contribution is 2.32. The summed E-state index contributed by atoms with van der Waals surface area (Å²) in [4.78, 5) is 13.5. The predicted molar refractivity (Wildman–Crippen MR) is 108 cm³/mol. The van der Waals surface area contributed by atoms with Gasteiger partial charge in [-0.15, -0.1) is 11.8 Å². The van der Waals surface area contributed by atoms with Crippen molar-refractivity contribution in [2.75, 3.05) is 32.5 Å². The summed E-state index contributed by atoms with van der Waals surface area (Å²) in [5.74, 6) is 0. The number of hydrogen-bond donors (Lipinski definition) is 2. The number of sulfonamides is 1. The van der Waals surface area contributed by atoms with E-state index >= 15 is 0 Å². The molecule has 3 N–H and O–H groups in total. The standard InChI is InChI=1S/C17H22N4O4S2/c1-20(2)12-14(26-13-7-4-3-5-8-13)11-19-17-15(21(22)23)9-6-10-16(17)27(18,24)25/h3-10,14,19H,11-12H2,1-2H3,(H2,18,24,25). The summed E-state index contributed by atoms with van der Waals surface area (Å²) >= 11 is 1.61. The number of nitro benzene ring substituents is 1. The predicted octanol–water partition coefficient (Wildman–Crippen LogP) is 2.38. The molecule has 10 heteroatoms. The number of nitrogens with two attached hydrogens (primary N) is 1. The van der Waals surface area contributed by atoms with Crippen molar-refractivity contribution in [3.05, 3.63) is 58.6 Å². The van der Waals surface area contributed by atoms with Gasteiger partial charge >= 0.3 is 0 Å². The van der Waals surface area contributed by atoms with Crippen LogP contribution in [0.5, 0.6) is 0 Å². The fraction of sp³-hybridized carbons (Fsp3) is 0.294. The summed E-state index contributed by atoms with van der Waals surface area (Å²) in [7, 11) is -0.244. The fourth-order valence-electron chi connectivity index (χ4n) is 2.54. The number of primary sulfonamides is 1. The van der Waals surface area contributed by atoms with E-state index in [1.165, 1.54) is 18.2 Å². The first kappa shape index (κ1) is 21.2. The maximum absolute atomic E-state index is 11.8. The van der Waals surface area contributed by atoms with Crippen LogP contribution in [0.1, 0.15) is 0 Å². The molecule has 8 nitrogen and oxygen atoms in total. The summed E-state index contributed by atoms with van der Waals surface area (Å²) < 4.78 is 23.7. The lowest BCUT2D eigenvalue weighted by molar-refractivity contribution is -0.384. The topological polar surface area (TPSA) is 119 Å². The number of thioether (sulfide) groups is 1. The Balaban J connectivity index is 2.29. The first-order valence-electron chi connectivity index (χ1n) is 8.09. The van der Waals surface area contributed by atoms with E-state index in [4.69, 9.17) is 5.14 Å². The Morgan fingerprint density at radius 2 is 1.85 bits per heavy atom. The van der Waals surface area contributed by atoms with Crippen LogP contribution in [-0.2, 0) is 10.0 Å². The molecule has 0 radical (unpaired) electrons. The van der Waals surface area contributed by atoms with E-state index in [1.807, 2.05) is 49.3 Å². The van der Waals surface area contributed by atoms with Crippen molar-refractivity contribution in [3.8, 4) is 0 Å². The zero-order chi connectivity index (χ0) is 20.0. The van der Waals surface area contributed by atoms with Crippen LogP contribution < -0.4 is 10.5 Å². The quantitative estimate of drug-likeness (QED) is 0.370. The molecule has 1 unspecified atom stereocenters. The molecule has 146 valence electrons. The van der Waals surface area contributed by atoms with Crippen molar-refractivity contribution in [1.29, 1.82) is 0 Å². The monoisotopic (exact) mass is 410 g/mol. The molecule has 0 spiro atoms. The molecule has 0 aliphatic rings. The van der Waals surface area contributed by atoms with Crippen molar-refractivity contribution in [2.24, 2.45) is 5.14 Å². The lowest BCUT2D eigenvalue weighted by Gasteiger charge is -2.22. The number of anilines is 1. The van der Waals surface area contributed by atoms with E-state index in [-0.39, 0.29) is 21.5 Å². The summed E-state index contributed by atoms with van der Waals surface area (Å²) in [5.41, 5.74) is -0.405. The molecule has 0 heterocycles. The average Bonchev–Trinajstić information content (AvgIpc) is 2.59. The maximum atomic E-state index is 11.8. The van der Waals surface area contributed by atoms with Crippen molar-refractivity contribution in [2.45, 2.75) is 15.0 Å². The van der Waals surface area contributed by atoms with E-state index in [9.17, 15) is 18.5 Å². The van der Waals surface area contributed by atoms with Gasteiger partial charge in [0.15, 0.2) is 0 Å². The lowest BCUT2D eigenvalue weighted by atomic mass is 10.2. The van der Waals surface area contributed by atoms with Crippen LogP contribution in [0, 0.1) is 10.1 Å². The summed E-state index contributed by atoms with van der Waals surface area (Å²) in [6.07, 6.45) is 0. The summed E-state index contributed by atoms with van der Waals surface area (Å²) in [6, 6.07) is 13.6. The SMILES string of the molecule is CN(C)CC(CNc1c([N+](=O)[O-])cccc1S(N)(=O)=O)Sc1ccccc1. The van der Waals surface area contributed by atoms with Crippen molar-refractivity contribution in [1.82, 2.24) is 4.90 Å². The van der Waals surface area contributed by atoms with Gasteiger partial charge in [-0.1, -0.05) is 24.3 Å². The van der Waals surface area contributed by atoms with Crippen LogP contribution in [0.2, 0.25) is 0 Å². The molecule has 2 aromatic rings. The van der Waals surface area contributed by atoms with Gasteiger partial charge in [0.1, 0.15) is 10.6 Å². The molecule has 1 atom stereocenters. The van der Waals surface area contributed by atoms with E-state index < -0.39 is 14.9 Å². The van der Waals surface area contributed by atoms with E-state index in [0.29, 0.717) is 13.1 Å². The van der Waals surface area contributed by atoms with Crippen LogP contribution in [0.4, 0.5) is 11.4 Å². The number of nitro groups is 1. The number of para-hydroxylation sites is 1. The Kier molecular flexibility index (Phi) is 7.19. The van der Waals surface area contributed by atoms with Crippen molar-refractivity contribution in [3.63, 3.8) is 0 Å². The van der Waals surface area contributed by atoms with Gasteiger partial charge in [0.2, 0.25) is 10.0 Å². The van der Waals surface area contributed by atoms with Crippen LogP contribution in [0.3, 0.4) is 0 Å². The van der Waals surface area contributed by atoms with Gasteiger partial charge in [0, 0.05) is 29.3 Å². The first-order valence-corrected chi connectivity index (χ1v) is 10.5. The third-order valence-electron chi connectivity index (χ3n) is 3.63. The Hall–Kier alpha value is -2.14. The highest BCUT2D eigenvalue weighted by molar-refractivity contribution is 8.00. The van der Waals surface area contributed by atoms with Crippen LogP contribution >= 0.6 is 11.8 Å². The van der Waals surface area contributed by atoms with Gasteiger partial charge in [-0.25, -0.2) is 13.6 Å². The minimum absolute atomic E-state index is 0.0236. The molecule has 0 aliphatic carbocycles. The second-order valence-corrected chi connectivity index (χ2v) is 9.05. The summed E-state index contributed by atoms with van der Waals surface area (Å²) in [6.45, 7) is 1.02. The maximum Gasteiger partial charge on any atom is 0.293 e. The van der Waals surface area contributed by atoms with Crippen LogP contribution in [0.25, 0.3) is 0 Å². The first-order chi connectivity index (χ1) is 12.7. The van der Waals surface area contributed by atoms with Crippen LogP contribution in [0.15, 0.2) is 58.3 Å². The van der Waals surface area contributed by atoms with Crippen LogP contribution in [-0.4, -0.2) is 50.7 Å². The van der Waals surface area contributed by atoms with Gasteiger partial charge < -0.3 is 10.2 Å². The highest BCUT2D eigenvalue weighted by atomic mass is 32.2. The largest absolute Gasteiger partial charge is 0.377 e. The van der Waals surface area contributed by atoms with Gasteiger partial charge in [-0.2, -0.15) is 0 Å². The molecule has 0 aliphatic heterocycles. The lowest BCUT2D eigenvalue weighted by Crippen LogP contribution is -2.30. The minimum Gasteiger partial charge on any atom is -0.377 e. The molecule has 2 rings (SSSR count). The smallest absolute Gasteiger partial charge is 0.293 e. The molecule has 0 aromatic heterocycles. The second-order valence-electron chi connectivity index (χ2n) is 6.15. The molecule has 0 fully saturated rings. The Morgan fingerprint density at radius 3 is 2.41 bits per heavy atom. The number of nitrogens with zero attached hydrogens (tertiary/aromatic N) is 2. The normalized spacial score (nSPS) is 12.7. The number of rotatable bonds is 9. The minimum atomic E-state index is -4.10. The highest BCUT2D eigenvalue weighted by Gasteiger charge is 2.24. The second kappa shape index (κ2) is 9.18. The molecule has 0 bridgehead atoms. The zero-order valence-electron chi connectivity index (χ0n) is 15.0. The van der Waals surface area contributed by atoms with E-state index in [1.54, 1.807) is 11.8 Å². The van der Waals surface area contributed by atoms with E-state index in [2.05, 4.69) is 5.32 Å². The number of nitrogens with one attached hydrogen (secondary N) is 1. The van der Waals surface area contributed by atoms with Crippen molar-refractivity contribution >= 4 is 33.2 Å². The zero-order valence-corrected chi connectivity index (χ0v) is 16.7. The molecule has 0 amide bonds. The molecule has 0 saturated heterocycles. The van der Waals surface area contributed by atoms with Gasteiger partial charge in [0.25, 0.3) is 5.69 Å². The Morgan fingerprint density at radius 1 is 1.19 bits per heavy atom. The number of benzene rings is 2. The van der Waals surface area contributed by atoms with Gasteiger partial charge in [-0.3, -0.25) is 10.1 Å². The van der Waals surface area contributed by atoms with E-state index in [0.717, 1.165) is 4.90 Å². The van der Waals surface area contributed by atoms with Gasteiger partial charge in [0.05, 0.1) is 4.92 Å². The molecular formula is C17H22N4O4S2. The van der Waals surface area contributed by atoms with Crippen molar-refractivity contribution < 1.29 is 13.3 Å². The fourth-order valence-corrected chi connectivity index (χ4v) is 4.51. The molecule has 0 saturated carbocycles. The number of hydrogen-bond acceptors (Lipinski definition) is 7. The van der Waals surface area contributed by atoms with Gasteiger partial charge in [-0.05, 0) is 32.3 Å². The molecule has 27 heavy (non-hydrogen) atoms. The third kappa shape index (κ3) is 6.21.